The summed E-state index contributed by atoms with van der Waals surface area (Å²) in [6, 6.07) is 9.49. The SMILES string of the molecule is NCC1[C@H]2CN(CCCc3ccc(-n4ccc(NC(=O)N5CCNCC5)nc4=O)cc3)C[C@@H]12. The maximum Gasteiger partial charge on any atom is 0.354 e. The van der Waals surface area contributed by atoms with Gasteiger partial charge in [0.1, 0.15) is 5.82 Å². The second kappa shape index (κ2) is 9.62. The molecule has 2 saturated heterocycles. The van der Waals surface area contributed by atoms with Crippen molar-refractivity contribution in [2.45, 2.75) is 12.8 Å². The van der Waals surface area contributed by atoms with Gasteiger partial charge in [0.15, 0.2) is 0 Å². The molecule has 1 aromatic carbocycles. The van der Waals surface area contributed by atoms with Gasteiger partial charge in [0, 0.05) is 45.5 Å². The quantitative estimate of drug-likeness (QED) is 0.573. The summed E-state index contributed by atoms with van der Waals surface area (Å²) in [6.45, 7) is 7.24. The third-order valence-corrected chi connectivity index (χ3v) is 7.32. The van der Waals surface area contributed by atoms with Gasteiger partial charge in [-0.2, -0.15) is 4.98 Å². The highest BCUT2D eigenvalue weighted by molar-refractivity contribution is 5.88. The van der Waals surface area contributed by atoms with Crippen LogP contribution in [0.5, 0.6) is 0 Å². The predicted octanol–water partition coefficient (Wildman–Crippen LogP) is 0.739. The molecule has 176 valence electrons. The second-order valence-electron chi connectivity index (χ2n) is 9.39. The van der Waals surface area contributed by atoms with Crippen LogP contribution in [0.1, 0.15) is 12.0 Å². The molecular weight excluding hydrogens is 418 g/mol. The number of hydrogen-bond acceptors (Lipinski definition) is 6. The van der Waals surface area contributed by atoms with Crippen molar-refractivity contribution in [1.82, 2.24) is 24.7 Å². The minimum absolute atomic E-state index is 0.226. The molecule has 9 heteroatoms. The van der Waals surface area contributed by atoms with Crippen molar-refractivity contribution in [3.05, 3.63) is 52.6 Å². The lowest BCUT2D eigenvalue weighted by atomic mass is 10.1. The zero-order valence-electron chi connectivity index (χ0n) is 18.9. The first-order valence-electron chi connectivity index (χ1n) is 12.0. The van der Waals surface area contributed by atoms with Gasteiger partial charge in [0.2, 0.25) is 0 Å². The number of urea groups is 1. The second-order valence-corrected chi connectivity index (χ2v) is 9.39. The Morgan fingerprint density at radius 3 is 2.52 bits per heavy atom. The van der Waals surface area contributed by atoms with E-state index in [1.54, 1.807) is 17.2 Å². The molecule has 0 radical (unpaired) electrons. The third-order valence-electron chi connectivity index (χ3n) is 7.32. The maximum absolute atomic E-state index is 12.5. The number of benzene rings is 1. The van der Waals surface area contributed by atoms with Crippen LogP contribution in [0.4, 0.5) is 10.6 Å². The van der Waals surface area contributed by atoms with Gasteiger partial charge in [-0.1, -0.05) is 12.1 Å². The van der Waals surface area contributed by atoms with Gasteiger partial charge in [-0.05, 0) is 67.4 Å². The third kappa shape index (κ3) is 4.95. The van der Waals surface area contributed by atoms with Gasteiger partial charge >= 0.3 is 11.7 Å². The Morgan fingerprint density at radius 2 is 1.85 bits per heavy atom. The molecule has 1 saturated carbocycles. The molecule has 1 aliphatic carbocycles. The van der Waals surface area contributed by atoms with Crippen molar-refractivity contribution >= 4 is 11.8 Å². The number of carbonyl (C=O) groups is 1. The Balaban J connectivity index is 1.12. The summed E-state index contributed by atoms with van der Waals surface area (Å²) in [5.41, 5.74) is 7.42. The first kappa shape index (κ1) is 22.1. The van der Waals surface area contributed by atoms with Crippen molar-refractivity contribution in [3.63, 3.8) is 0 Å². The molecule has 3 aliphatic rings. The number of aryl methyl sites for hydroxylation is 1. The number of nitrogens with one attached hydrogen (secondary N) is 2. The molecule has 1 aromatic heterocycles. The monoisotopic (exact) mass is 451 g/mol. The van der Waals surface area contributed by atoms with Crippen LogP contribution in [-0.2, 0) is 6.42 Å². The standard InChI is InChI=1S/C24H33N7O2/c25-14-19-20-15-29(16-21(19)20)10-1-2-17-3-5-18(6-4-17)31-11-7-22(28-24(31)33)27-23(32)30-12-8-26-9-13-30/h3-7,11,19-21,26H,1-2,8-10,12-16,25H2,(H,27,28,32,33)/t19?,20-,21+. The molecule has 3 fully saturated rings. The number of rotatable bonds is 7. The summed E-state index contributed by atoms with van der Waals surface area (Å²) in [6.07, 6.45) is 3.82. The lowest BCUT2D eigenvalue weighted by Crippen LogP contribution is -2.48. The molecule has 0 spiro atoms. The van der Waals surface area contributed by atoms with E-state index in [-0.39, 0.29) is 11.8 Å². The van der Waals surface area contributed by atoms with Crippen LogP contribution in [0.25, 0.3) is 5.69 Å². The largest absolute Gasteiger partial charge is 0.354 e. The highest BCUT2D eigenvalue weighted by atomic mass is 16.2. The van der Waals surface area contributed by atoms with Crippen LogP contribution in [0, 0.1) is 17.8 Å². The van der Waals surface area contributed by atoms with Crippen LogP contribution in [0.15, 0.2) is 41.3 Å². The highest BCUT2D eigenvalue weighted by Gasteiger charge is 2.54. The Labute approximate surface area is 194 Å². The minimum atomic E-state index is -0.413. The van der Waals surface area contributed by atoms with E-state index < -0.39 is 5.69 Å². The van der Waals surface area contributed by atoms with Crippen molar-refractivity contribution in [3.8, 4) is 5.69 Å². The fourth-order valence-electron chi connectivity index (χ4n) is 5.32. The molecule has 9 nitrogen and oxygen atoms in total. The van der Waals surface area contributed by atoms with Gasteiger partial charge in [0.05, 0.1) is 5.69 Å². The minimum Gasteiger partial charge on any atom is -0.330 e. The maximum atomic E-state index is 12.5. The molecule has 5 rings (SSSR count). The number of carbonyl (C=O) groups excluding carboxylic acids is 1. The van der Waals surface area contributed by atoms with E-state index in [0.717, 1.165) is 62.5 Å². The fourth-order valence-corrected chi connectivity index (χ4v) is 5.32. The normalized spacial score (nSPS) is 24.5. The van der Waals surface area contributed by atoms with E-state index in [0.29, 0.717) is 13.1 Å². The van der Waals surface area contributed by atoms with Crippen molar-refractivity contribution < 1.29 is 4.79 Å². The van der Waals surface area contributed by atoms with Crippen LogP contribution < -0.4 is 22.1 Å². The summed E-state index contributed by atoms with van der Waals surface area (Å²) < 4.78 is 1.49. The summed E-state index contributed by atoms with van der Waals surface area (Å²) in [5.74, 6) is 2.75. The molecule has 2 amide bonds. The fraction of sp³-hybridized carbons (Fsp3) is 0.542. The van der Waals surface area contributed by atoms with Crippen LogP contribution in [-0.4, -0.2) is 77.7 Å². The average Bonchev–Trinajstić information content (AvgIpc) is 3.32. The van der Waals surface area contributed by atoms with E-state index >= 15 is 0 Å². The molecule has 4 N–H and O–H groups in total. The smallest absolute Gasteiger partial charge is 0.330 e. The van der Waals surface area contributed by atoms with E-state index in [4.69, 9.17) is 5.73 Å². The Bertz CT molecular complexity index is 1020. The zero-order chi connectivity index (χ0) is 22.8. The number of aromatic nitrogens is 2. The van der Waals surface area contributed by atoms with Gasteiger partial charge in [0.25, 0.3) is 0 Å². The lowest BCUT2D eigenvalue weighted by molar-refractivity contribution is 0.204. The summed E-state index contributed by atoms with van der Waals surface area (Å²) in [7, 11) is 0. The molecule has 1 unspecified atom stereocenters. The molecular formula is C24H33N7O2. The lowest BCUT2D eigenvalue weighted by Gasteiger charge is -2.27. The number of fused-ring (bicyclic) bond motifs is 1. The summed E-state index contributed by atoms with van der Waals surface area (Å²) in [5, 5.41) is 5.93. The van der Waals surface area contributed by atoms with Crippen LogP contribution in [0.3, 0.4) is 0 Å². The number of nitrogens with two attached hydrogens (primary N) is 1. The molecule has 2 aliphatic heterocycles. The first-order chi connectivity index (χ1) is 16.1. The molecule has 3 atom stereocenters. The summed E-state index contributed by atoms with van der Waals surface area (Å²) >= 11 is 0. The molecule has 0 bridgehead atoms. The number of piperazine rings is 1. The predicted molar refractivity (Wildman–Crippen MR) is 128 cm³/mol. The Kier molecular flexibility index (Phi) is 6.43. The van der Waals surface area contributed by atoms with E-state index in [1.807, 2.05) is 12.1 Å². The topological polar surface area (TPSA) is 109 Å². The van der Waals surface area contributed by atoms with Gasteiger partial charge in [-0.25, -0.2) is 9.59 Å². The number of amides is 2. The Hall–Kier alpha value is -2.75. The number of nitrogens with zero attached hydrogens (tertiary/aromatic N) is 4. The van der Waals surface area contributed by atoms with Gasteiger partial charge in [-0.15, -0.1) is 0 Å². The van der Waals surface area contributed by atoms with Crippen LogP contribution >= 0.6 is 0 Å². The summed E-state index contributed by atoms with van der Waals surface area (Å²) in [4.78, 5) is 33.2. The number of hydrogen-bond donors (Lipinski definition) is 3. The number of piperidine rings is 1. The van der Waals surface area contributed by atoms with Crippen LogP contribution in [0.2, 0.25) is 0 Å². The van der Waals surface area contributed by atoms with E-state index in [9.17, 15) is 9.59 Å². The first-order valence-corrected chi connectivity index (χ1v) is 12.0. The molecule has 2 aromatic rings. The van der Waals surface area contributed by atoms with Gasteiger partial charge < -0.3 is 20.9 Å². The molecule has 3 heterocycles. The Morgan fingerprint density at radius 1 is 1.12 bits per heavy atom. The average molecular weight is 452 g/mol. The van der Waals surface area contributed by atoms with E-state index in [2.05, 4.69) is 32.7 Å². The number of anilines is 1. The zero-order valence-corrected chi connectivity index (χ0v) is 18.9. The number of likely N-dealkylation sites (tertiary alicyclic amines) is 1. The molecule has 33 heavy (non-hydrogen) atoms. The van der Waals surface area contributed by atoms with Crippen molar-refractivity contribution in [2.75, 3.05) is 57.7 Å². The van der Waals surface area contributed by atoms with Gasteiger partial charge in [-0.3, -0.25) is 9.88 Å². The van der Waals surface area contributed by atoms with Crippen molar-refractivity contribution in [1.29, 1.82) is 0 Å². The van der Waals surface area contributed by atoms with E-state index in [1.165, 1.54) is 23.2 Å². The van der Waals surface area contributed by atoms with Crippen molar-refractivity contribution in [2.24, 2.45) is 23.5 Å². The highest BCUT2D eigenvalue weighted by Crippen LogP contribution is 2.50.